The van der Waals surface area contributed by atoms with Crippen molar-refractivity contribution >= 4 is 18.0 Å². The molecule has 0 aromatic heterocycles. The minimum Gasteiger partial charge on any atom is -0.484 e. The Morgan fingerprint density at radius 1 is 1.32 bits per heavy atom. The van der Waals surface area contributed by atoms with Gasteiger partial charge in [-0.15, -0.1) is 0 Å². The van der Waals surface area contributed by atoms with E-state index < -0.39 is 5.97 Å². The second kappa shape index (κ2) is 7.20. The van der Waals surface area contributed by atoms with Gasteiger partial charge >= 0.3 is 5.97 Å². The maximum Gasteiger partial charge on any atom is 0.328 e. The smallest absolute Gasteiger partial charge is 0.328 e. The Morgan fingerprint density at radius 3 is 2.47 bits per heavy atom. The molecule has 0 bridgehead atoms. The molecule has 1 aromatic rings. The normalized spacial score (nSPS) is 10.7. The average molecular weight is 263 g/mol. The Hall–Kier alpha value is -2.30. The lowest BCUT2D eigenvalue weighted by molar-refractivity contribution is -0.131. The fourth-order valence-electron chi connectivity index (χ4n) is 1.36. The van der Waals surface area contributed by atoms with Crippen LogP contribution >= 0.6 is 0 Å². The molecule has 0 fully saturated rings. The molecule has 2 N–H and O–H groups in total. The van der Waals surface area contributed by atoms with E-state index in [4.69, 9.17) is 9.84 Å². The zero-order valence-electron chi connectivity index (χ0n) is 10.9. The van der Waals surface area contributed by atoms with Crippen molar-refractivity contribution < 1.29 is 19.4 Å². The number of carboxylic acids is 1. The van der Waals surface area contributed by atoms with Crippen molar-refractivity contribution in [3.8, 4) is 5.75 Å². The largest absolute Gasteiger partial charge is 0.484 e. The monoisotopic (exact) mass is 263 g/mol. The third-order valence-electron chi connectivity index (χ3n) is 2.12. The van der Waals surface area contributed by atoms with E-state index >= 15 is 0 Å². The van der Waals surface area contributed by atoms with E-state index in [0.717, 1.165) is 11.6 Å². The Labute approximate surface area is 111 Å². The van der Waals surface area contributed by atoms with E-state index in [2.05, 4.69) is 5.32 Å². The SMILES string of the molecule is CC(C)NC(=O)COc1ccc(/C=C/C(=O)O)cc1. The van der Waals surface area contributed by atoms with Crippen LogP contribution in [0, 0.1) is 0 Å². The molecule has 0 unspecified atom stereocenters. The highest BCUT2D eigenvalue weighted by atomic mass is 16.5. The molecule has 0 spiro atoms. The van der Waals surface area contributed by atoms with Gasteiger partial charge in [0.2, 0.25) is 0 Å². The molecule has 1 amide bonds. The Morgan fingerprint density at radius 2 is 1.95 bits per heavy atom. The first-order valence-corrected chi connectivity index (χ1v) is 5.90. The summed E-state index contributed by atoms with van der Waals surface area (Å²) < 4.78 is 5.30. The first kappa shape index (κ1) is 14.8. The van der Waals surface area contributed by atoms with Crippen LogP contribution in [0.25, 0.3) is 6.08 Å². The van der Waals surface area contributed by atoms with Gasteiger partial charge in [-0.25, -0.2) is 4.79 Å². The molecule has 0 saturated carbocycles. The van der Waals surface area contributed by atoms with E-state index in [1.54, 1.807) is 24.3 Å². The summed E-state index contributed by atoms with van der Waals surface area (Å²) in [7, 11) is 0. The Bertz CT molecular complexity index is 463. The van der Waals surface area contributed by atoms with Crippen LogP contribution in [0.15, 0.2) is 30.3 Å². The van der Waals surface area contributed by atoms with Crippen LogP contribution < -0.4 is 10.1 Å². The summed E-state index contributed by atoms with van der Waals surface area (Å²) in [5.74, 6) is -0.609. The van der Waals surface area contributed by atoms with Crippen LogP contribution in [0.3, 0.4) is 0 Å². The number of carbonyl (C=O) groups excluding carboxylic acids is 1. The molecule has 0 atom stereocenters. The van der Waals surface area contributed by atoms with Gasteiger partial charge in [-0.2, -0.15) is 0 Å². The van der Waals surface area contributed by atoms with Gasteiger partial charge in [0.1, 0.15) is 5.75 Å². The summed E-state index contributed by atoms with van der Waals surface area (Å²) in [6, 6.07) is 6.89. The number of hydrogen-bond acceptors (Lipinski definition) is 3. The van der Waals surface area contributed by atoms with Gasteiger partial charge in [-0.05, 0) is 37.6 Å². The van der Waals surface area contributed by atoms with E-state index in [0.29, 0.717) is 5.75 Å². The fraction of sp³-hybridized carbons (Fsp3) is 0.286. The van der Waals surface area contributed by atoms with Crippen molar-refractivity contribution in [3.05, 3.63) is 35.9 Å². The quantitative estimate of drug-likeness (QED) is 0.766. The molecule has 102 valence electrons. The van der Waals surface area contributed by atoms with Crippen LogP contribution in [0.4, 0.5) is 0 Å². The van der Waals surface area contributed by atoms with Crippen LogP contribution in [0.5, 0.6) is 5.75 Å². The van der Waals surface area contributed by atoms with Gasteiger partial charge < -0.3 is 15.2 Å². The summed E-state index contributed by atoms with van der Waals surface area (Å²) in [6.07, 6.45) is 2.55. The van der Waals surface area contributed by atoms with Crippen molar-refractivity contribution in [1.82, 2.24) is 5.32 Å². The van der Waals surface area contributed by atoms with E-state index in [-0.39, 0.29) is 18.6 Å². The predicted molar refractivity (Wildman–Crippen MR) is 71.9 cm³/mol. The molecule has 0 aliphatic rings. The van der Waals surface area contributed by atoms with Crippen molar-refractivity contribution in [2.45, 2.75) is 19.9 Å². The molecule has 1 rings (SSSR count). The van der Waals surface area contributed by atoms with Gasteiger partial charge in [-0.1, -0.05) is 12.1 Å². The zero-order valence-corrected chi connectivity index (χ0v) is 10.9. The van der Waals surface area contributed by atoms with E-state index in [1.165, 1.54) is 6.08 Å². The van der Waals surface area contributed by atoms with Crippen LogP contribution in [0.2, 0.25) is 0 Å². The van der Waals surface area contributed by atoms with Gasteiger partial charge in [0.25, 0.3) is 5.91 Å². The summed E-state index contributed by atoms with van der Waals surface area (Å²) in [5, 5.41) is 11.2. The molecule has 0 radical (unpaired) electrons. The standard InChI is InChI=1S/C14H17NO4/c1-10(2)15-13(16)9-19-12-6-3-11(4-7-12)5-8-14(17)18/h3-8,10H,9H2,1-2H3,(H,15,16)(H,17,18)/b8-5+. The molecule has 0 aliphatic carbocycles. The maximum atomic E-state index is 11.4. The number of carbonyl (C=O) groups is 2. The second-order valence-corrected chi connectivity index (χ2v) is 4.25. The van der Waals surface area contributed by atoms with Crippen molar-refractivity contribution in [1.29, 1.82) is 0 Å². The van der Waals surface area contributed by atoms with Crippen molar-refractivity contribution in [3.63, 3.8) is 0 Å². The third kappa shape index (κ3) is 6.26. The van der Waals surface area contributed by atoms with E-state index in [9.17, 15) is 9.59 Å². The molecule has 5 nitrogen and oxygen atoms in total. The lowest BCUT2D eigenvalue weighted by atomic mass is 10.2. The minimum atomic E-state index is -0.995. The first-order chi connectivity index (χ1) is 8.97. The molecular formula is C14H17NO4. The molecule has 0 saturated heterocycles. The van der Waals surface area contributed by atoms with Crippen LogP contribution in [-0.4, -0.2) is 29.6 Å². The van der Waals surface area contributed by atoms with Gasteiger partial charge in [-0.3, -0.25) is 4.79 Å². The van der Waals surface area contributed by atoms with Crippen LogP contribution in [0.1, 0.15) is 19.4 Å². The number of amides is 1. The number of hydrogen-bond donors (Lipinski definition) is 2. The average Bonchev–Trinajstić information content (AvgIpc) is 2.34. The summed E-state index contributed by atoms with van der Waals surface area (Å²) >= 11 is 0. The molecule has 19 heavy (non-hydrogen) atoms. The lowest BCUT2D eigenvalue weighted by Crippen LogP contribution is -2.34. The lowest BCUT2D eigenvalue weighted by Gasteiger charge is -2.09. The second-order valence-electron chi connectivity index (χ2n) is 4.25. The highest BCUT2D eigenvalue weighted by Gasteiger charge is 2.03. The molecule has 1 aromatic carbocycles. The van der Waals surface area contributed by atoms with Crippen molar-refractivity contribution in [2.75, 3.05) is 6.61 Å². The summed E-state index contributed by atoms with van der Waals surface area (Å²) in [5.41, 5.74) is 0.751. The Kier molecular flexibility index (Phi) is 5.60. The van der Waals surface area contributed by atoms with Crippen molar-refractivity contribution in [2.24, 2.45) is 0 Å². The third-order valence-corrected chi connectivity index (χ3v) is 2.12. The first-order valence-electron chi connectivity index (χ1n) is 5.90. The minimum absolute atomic E-state index is 0.0392. The van der Waals surface area contributed by atoms with E-state index in [1.807, 2.05) is 13.8 Å². The van der Waals surface area contributed by atoms with Gasteiger partial charge in [0.05, 0.1) is 0 Å². The fourth-order valence-corrected chi connectivity index (χ4v) is 1.36. The number of nitrogens with one attached hydrogen (secondary N) is 1. The topological polar surface area (TPSA) is 75.6 Å². The predicted octanol–water partition coefficient (Wildman–Crippen LogP) is 1.69. The number of ether oxygens (including phenoxy) is 1. The van der Waals surface area contributed by atoms with Gasteiger partial charge in [0, 0.05) is 12.1 Å². The maximum absolute atomic E-state index is 11.4. The zero-order chi connectivity index (χ0) is 14.3. The molecule has 5 heteroatoms. The number of aliphatic carboxylic acids is 1. The number of rotatable bonds is 6. The summed E-state index contributed by atoms with van der Waals surface area (Å²) in [4.78, 5) is 21.7. The number of carboxylic acid groups (broad SMARTS) is 1. The van der Waals surface area contributed by atoms with Crippen LogP contribution in [-0.2, 0) is 9.59 Å². The molecule has 0 heterocycles. The number of benzene rings is 1. The summed E-state index contributed by atoms with van der Waals surface area (Å²) in [6.45, 7) is 3.71. The highest BCUT2D eigenvalue weighted by molar-refractivity contribution is 5.85. The highest BCUT2D eigenvalue weighted by Crippen LogP contribution is 2.13. The molecule has 0 aliphatic heterocycles. The van der Waals surface area contributed by atoms with Gasteiger partial charge in [0.15, 0.2) is 6.61 Å². The Balaban J connectivity index is 2.48. The molecular weight excluding hydrogens is 246 g/mol.